The molecule has 0 aliphatic carbocycles. The van der Waals surface area contributed by atoms with Gasteiger partial charge >= 0.3 is 0 Å². The molecule has 6 heteroatoms. The van der Waals surface area contributed by atoms with E-state index in [1.54, 1.807) is 0 Å². The Kier molecular flexibility index (Phi) is 11.3. The van der Waals surface area contributed by atoms with E-state index in [0.29, 0.717) is 0 Å². The van der Waals surface area contributed by atoms with Crippen molar-refractivity contribution in [2.45, 2.75) is 10.1 Å². The summed E-state index contributed by atoms with van der Waals surface area (Å²) in [5, 5.41) is 2.63. The minimum Gasteiger partial charge on any atom is -1.00 e. The molecular formula is C14H18I2N2S2. The fraction of sp³-hybridized carbons (Fsp3) is 0.286. The van der Waals surface area contributed by atoms with Gasteiger partial charge in [-0.15, -0.1) is 0 Å². The van der Waals surface area contributed by atoms with E-state index in [1.807, 2.05) is 23.5 Å². The van der Waals surface area contributed by atoms with Gasteiger partial charge in [0.05, 0.1) is 0 Å². The van der Waals surface area contributed by atoms with Crippen LogP contribution in [0.25, 0.3) is 0 Å². The average molecular weight is 532 g/mol. The Hall–Kier alpha value is 0.460. The summed E-state index contributed by atoms with van der Waals surface area (Å²) in [6.45, 7) is 0. The van der Waals surface area contributed by atoms with E-state index in [2.05, 4.69) is 72.0 Å². The third-order valence-corrected chi connectivity index (χ3v) is 5.11. The van der Waals surface area contributed by atoms with Crippen LogP contribution in [-0.2, 0) is 14.1 Å². The summed E-state index contributed by atoms with van der Waals surface area (Å²) in [4.78, 5) is 0. The van der Waals surface area contributed by atoms with E-state index in [9.17, 15) is 0 Å². The highest BCUT2D eigenvalue weighted by Gasteiger charge is 2.08. The Morgan fingerprint density at radius 3 is 1.50 bits per heavy atom. The molecule has 0 unspecified atom stereocenters. The highest BCUT2D eigenvalue weighted by atomic mass is 127. The first kappa shape index (κ1) is 20.5. The van der Waals surface area contributed by atoms with E-state index in [1.165, 1.54) is 10.1 Å². The number of aryl methyl sites for hydroxylation is 2. The molecule has 0 saturated heterocycles. The van der Waals surface area contributed by atoms with Crippen LogP contribution in [0.2, 0.25) is 0 Å². The zero-order valence-electron chi connectivity index (χ0n) is 11.5. The fourth-order valence-corrected chi connectivity index (χ4v) is 3.57. The Morgan fingerprint density at radius 2 is 1.15 bits per heavy atom. The molecule has 0 aliphatic rings. The highest BCUT2D eigenvalue weighted by molar-refractivity contribution is 8.02. The molecule has 0 fully saturated rings. The molecule has 20 heavy (non-hydrogen) atoms. The molecule has 0 aromatic carbocycles. The van der Waals surface area contributed by atoms with Gasteiger partial charge in [-0.25, -0.2) is 0 Å². The number of rotatable bonds is 5. The lowest BCUT2D eigenvalue weighted by molar-refractivity contribution is -0.709. The van der Waals surface area contributed by atoms with Gasteiger partial charge in [-0.1, -0.05) is 23.5 Å². The maximum Gasteiger partial charge on any atom is 0.239 e. The zero-order chi connectivity index (χ0) is 12.8. The normalized spacial score (nSPS) is 9.50. The standard InChI is InChI=1S/C14H18N2S2.2HI/c1-15-9-5-3-7-13(15)17-11-12-18-14-8-4-6-10-16(14)2;;/h3-10H,11-12H2,1-2H3;2*1H/q+2;;/p-2. The van der Waals surface area contributed by atoms with Crippen molar-refractivity contribution in [3.05, 3.63) is 48.8 Å². The van der Waals surface area contributed by atoms with Crippen LogP contribution >= 0.6 is 23.5 Å². The Morgan fingerprint density at radius 1 is 0.750 bits per heavy atom. The molecule has 0 radical (unpaired) electrons. The first-order valence-corrected chi connectivity index (χ1v) is 7.89. The molecule has 0 saturated carbocycles. The molecule has 2 nitrogen and oxygen atoms in total. The summed E-state index contributed by atoms with van der Waals surface area (Å²) >= 11 is 3.81. The summed E-state index contributed by atoms with van der Waals surface area (Å²) in [6, 6.07) is 12.6. The third-order valence-electron chi connectivity index (χ3n) is 2.60. The van der Waals surface area contributed by atoms with E-state index >= 15 is 0 Å². The van der Waals surface area contributed by atoms with Gasteiger partial charge in [0, 0.05) is 35.8 Å². The molecule has 0 N–H and O–H groups in total. The van der Waals surface area contributed by atoms with Crippen molar-refractivity contribution >= 4 is 23.5 Å². The predicted octanol–water partition coefficient (Wildman–Crippen LogP) is -3.77. The maximum absolute atomic E-state index is 2.16. The Balaban J connectivity index is 0.00000180. The summed E-state index contributed by atoms with van der Waals surface area (Å²) in [5.74, 6) is 2.24. The topological polar surface area (TPSA) is 7.76 Å². The van der Waals surface area contributed by atoms with E-state index in [0.717, 1.165) is 11.5 Å². The molecule has 110 valence electrons. The molecule has 2 rings (SSSR count). The summed E-state index contributed by atoms with van der Waals surface area (Å²) in [5.41, 5.74) is 0. The van der Waals surface area contributed by atoms with Crippen molar-refractivity contribution in [2.75, 3.05) is 11.5 Å². The summed E-state index contributed by atoms with van der Waals surface area (Å²) in [7, 11) is 4.18. The molecule has 2 aromatic rings. The second kappa shape index (κ2) is 11.1. The Bertz CT molecular complexity index is 477. The number of aromatic nitrogens is 2. The van der Waals surface area contributed by atoms with Gasteiger partial charge in [-0.2, -0.15) is 9.13 Å². The van der Waals surface area contributed by atoms with Gasteiger partial charge in [0.15, 0.2) is 12.4 Å². The number of nitrogens with zero attached hydrogens (tertiary/aromatic N) is 2. The van der Waals surface area contributed by atoms with Crippen LogP contribution in [0.3, 0.4) is 0 Å². The van der Waals surface area contributed by atoms with Crippen LogP contribution in [0.4, 0.5) is 0 Å². The van der Waals surface area contributed by atoms with Gasteiger partial charge in [0.1, 0.15) is 14.1 Å². The molecule has 0 spiro atoms. The first-order valence-electron chi connectivity index (χ1n) is 5.92. The van der Waals surface area contributed by atoms with Crippen LogP contribution in [0.1, 0.15) is 0 Å². The van der Waals surface area contributed by atoms with Crippen LogP contribution in [0, 0.1) is 0 Å². The van der Waals surface area contributed by atoms with Gasteiger partial charge in [-0.3, -0.25) is 0 Å². The van der Waals surface area contributed by atoms with Crippen LogP contribution in [-0.4, -0.2) is 11.5 Å². The summed E-state index contributed by atoms with van der Waals surface area (Å²) in [6.07, 6.45) is 4.18. The van der Waals surface area contributed by atoms with Crippen molar-refractivity contribution in [3.63, 3.8) is 0 Å². The smallest absolute Gasteiger partial charge is 0.239 e. The zero-order valence-corrected chi connectivity index (χ0v) is 17.4. The lowest BCUT2D eigenvalue weighted by Crippen LogP contribution is -3.00. The van der Waals surface area contributed by atoms with Crippen LogP contribution in [0.5, 0.6) is 0 Å². The second-order valence-corrected chi connectivity index (χ2v) is 6.23. The van der Waals surface area contributed by atoms with Crippen molar-refractivity contribution in [2.24, 2.45) is 14.1 Å². The minimum absolute atomic E-state index is 0. The SMILES string of the molecule is C[n+]1ccccc1SCCSc1cccc[n+]1C.[I-].[I-]. The number of halogens is 2. The lowest BCUT2D eigenvalue weighted by Gasteiger charge is -2.00. The number of hydrogen-bond donors (Lipinski definition) is 0. The van der Waals surface area contributed by atoms with E-state index in [-0.39, 0.29) is 48.0 Å². The third kappa shape index (κ3) is 6.48. The highest BCUT2D eigenvalue weighted by Crippen LogP contribution is 2.18. The van der Waals surface area contributed by atoms with Gasteiger partial charge < -0.3 is 48.0 Å². The molecule has 2 aromatic heterocycles. The van der Waals surface area contributed by atoms with E-state index in [4.69, 9.17) is 0 Å². The Labute approximate surface area is 163 Å². The van der Waals surface area contributed by atoms with Gasteiger partial charge in [-0.05, 0) is 12.1 Å². The van der Waals surface area contributed by atoms with Crippen LogP contribution < -0.4 is 57.1 Å². The van der Waals surface area contributed by atoms with Crippen molar-refractivity contribution in [3.8, 4) is 0 Å². The maximum atomic E-state index is 2.16. The van der Waals surface area contributed by atoms with Crippen LogP contribution in [0.15, 0.2) is 58.8 Å². The number of thioether (sulfide) groups is 2. The van der Waals surface area contributed by atoms with E-state index < -0.39 is 0 Å². The number of hydrogen-bond acceptors (Lipinski definition) is 2. The largest absolute Gasteiger partial charge is 1.00 e. The first-order chi connectivity index (χ1) is 8.77. The summed E-state index contributed by atoms with van der Waals surface area (Å²) < 4.78 is 4.33. The monoisotopic (exact) mass is 532 g/mol. The fourth-order valence-electron chi connectivity index (χ4n) is 1.61. The van der Waals surface area contributed by atoms with Gasteiger partial charge in [0.25, 0.3) is 0 Å². The van der Waals surface area contributed by atoms with Crippen molar-refractivity contribution in [1.29, 1.82) is 0 Å². The molecule has 0 bridgehead atoms. The quantitative estimate of drug-likeness (QED) is 0.169. The predicted molar refractivity (Wildman–Crippen MR) is 76.7 cm³/mol. The van der Waals surface area contributed by atoms with Crippen molar-refractivity contribution in [1.82, 2.24) is 0 Å². The van der Waals surface area contributed by atoms with Crippen molar-refractivity contribution < 1.29 is 57.1 Å². The molecule has 0 amide bonds. The number of pyridine rings is 2. The average Bonchev–Trinajstić information content (AvgIpc) is 2.38. The molecular weight excluding hydrogens is 514 g/mol. The minimum atomic E-state index is 0. The molecule has 0 aliphatic heterocycles. The lowest BCUT2D eigenvalue weighted by atomic mass is 10.5. The molecule has 2 heterocycles. The molecule has 0 atom stereocenters. The second-order valence-electron chi connectivity index (χ2n) is 4.00. The van der Waals surface area contributed by atoms with Gasteiger partial charge in [0.2, 0.25) is 10.1 Å².